The molecule has 0 saturated carbocycles. The summed E-state index contributed by atoms with van der Waals surface area (Å²) >= 11 is 0. The maximum absolute atomic E-state index is 11.4. The van der Waals surface area contributed by atoms with Gasteiger partial charge in [0.2, 0.25) is 10.0 Å². The first-order valence-corrected chi connectivity index (χ1v) is 8.97. The first-order chi connectivity index (χ1) is 11.5. The van der Waals surface area contributed by atoms with E-state index in [9.17, 15) is 13.5 Å². The smallest absolute Gasteiger partial charge is 0.238 e. The summed E-state index contributed by atoms with van der Waals surface area (Å²) in [5.74, 6) is 0.390. The van der Waals surface area contributed by atoms with Gasteiger partial charge in [0.1, 0.15) is 6.61 Å². The van der Waals surface area contributed by atoms with E-state index in [2.05, 4.69) is 5.48 Å². The number of nitrogens with one attached hydrogen (secondary N) is 1. The van der Waals surface area contributed by atoms with Crippen molar-refractivity contribution in [2.45, 2.75) is 10.8 Å². The van der Waals surface area contributed by atoms with Crippen LogP contribution in [0.3, 0.4) is 0 Å². The molecule has 0 spiro atoms. The monoisotopic (exact) mass is 346 g/mol. The van der Waals surface area contributed by atoms with Gasteiger partial charge in [-0.1, -0.05) is 42.5 Å². The lowest BCUT2D eigenvalue weighted by Crippen LogP contribution is -2.30. The van der Waals surface area contributed by atoms with Crippen LogP contribution in [-0.2, 0) is 14.9 Å². The highest BCUT2D eigenvalue weighted by Gasteiger charge is 2.27. The number of benzene rings is 2. The van der Waals surface area contributed by atoms with Gasteiger partial charge >= 0.3 is 0 Å². The predicted molar refractivity (Wildman–Crippen MR) is 90.1 cm³/mol. The number of nitrogens with two attached hydrogens (primary N) is 1. The zero-order valence-electron chi connectivity index (χ0n) is 12.8. The normalized spacial score (nSPS) is 18.3. The van der Waals surface area contributed by atoms with Gasteiger partial charge < -0.3 is 9.94 Å². The third kappa shape index (κ3) is 3.34. The minimum Gasteiger partial charge on any atom is -0.410 e. The quantitative estimate of drug-likeness (QED) is 0.776. The van der Waals surface area contributed by atoms with E-state index in [1.165, 1.54) is 12.1 Å². The molecule has 0 bridgehead atoms. The van der Waals surface area contributed by atoms with Crippen molar-refractivity contribution in [3.8, 4) is 0 Å². The lowest BCUT2D eigenvalue weighted by molar-refractivity contribution is 0.0671. The molecule has 2 aromatic carbocycles. The maximum Gasteiger partial charge on any atom is 0.238 e. The number of hydroxylamine groups is 1. The van der Waals surface area contributed by atoms with E-state index in [-0.39, 0.29) is 17.4 Å². The van der Waals surface area contributed by atoms with E-state index in [0.29, 0.717) is 12.3 Å². The van der Waals surface area contributed by atoms with Crippen LogP contribution >= 0.6 is 0 Å². The van der Waals surface area contributed by atoms with Gasteiger partial charge in [0.05, 0.1) is 4.90 Å². The second kappa shape index (κ2) is 6.74. The molecule has 0 aromatic heterocycles. The first kappa shape index (κ1) is 16.7. The van der Waals surface area contributed by atoms with Crippen LogP contribution in [0, 0.1) is 0 Å². The summed E-state index contributed by atoms with van der Waals surface area (Å²) in [6.07, 6.45) is 0. The van der Waals surface area contributed by atoms with Crippen molar-refractivity contribution in [3.63, 3.8) is 0 Å². The topological polar surface area (TPSA) is 102 Å². The third-order valence-electron chi connectivity index (χ3n) is 3.97. The van der Waals surface area contributed by atoms with E-state index in [1.54, 1.807) is 12.1 Å². The Hall–Kier alpha value is -2.19. The van der Waals surface area contributed by atoms with Crippen LogP contribution < -0.4 is 10.6 Å². The first-order valence-electron chi connectivity index (χ1n) is 7.42. The molecule has 1 aliphatic heterocycles. The van der Waals surface area contributed by atoms with Gasteiger partial charge in [0, 0.05) is 18.0 Å². The molecule has 0 aliphatic carbocycles. The lowest BCUT2D eigenvalue weighted by Gasteiger charge is -2.29. The fourth-order valence-corrected chi connectivity index (χ4v) is 3.35. The van der Waals surface area contributed by atoms with Gasteiger partial charge in [-0.3, -0.25) is 0 Å². The molecule has 7 heteroatoms. The van der Waals surface area contributed by atoms with Crippen LogP contribution in [0.4, 0.5) is 0 Å². The molecule has 4 N–H and O–H groups in total. The molecule has 3 rings (SSSR count). The highest BCUT2D eigenvalue weighted by Crippen LogP contribution is 2.37. The molecule has 1 aliphatic rings. The van der Waals surface area contributed by atoms with Crippen LogP contribution in [0.1, 0.15) is 17.0 Å². The summed E-state index contributed by atoms with van der Waals surface area (Å²) < 4.78 is 22.8. The minimum atomic E-state index is -3.74. The molecule has 1 heterocycles. The van der Waals surface area contributed by atoms with E-state index >= 15 is 0 Å². The average molecular weight is 346 g/mol. The van der Waals surface area contributed by atoms with Crippen molar-refractivity contribution in [2.24, 2.45) is 5.14 Å². The van der Waals surface area contributed by atoms with E-state index in [1.807, 2.05) is 30.3 Å². The highest BCUT2D eigenvalue weighted by atomic mass is 32.2. The molecule has 24 heavy (non-hydrogen) atoms. The average Bonchev–Trinajstić information content (AvgIpc) is 2.61. The number of rotatable bonds is 4. The Balaban J connectivity index is 2.07. The van der Waals surface area contributed by atoms with Gasteiger partial charge in [-0.05, 0) is 23.3 Å². The van der Waals surface area contributed by atoms with Gasteiger partial charge in [-0.2, -0.15) is 5.48 Å². The molecule has 2 aromatic rings. The van der Waals surface area contributed by atoms with Crippen molar-refractivity contribution in [3.05, 3.63) is 71.5 Å². The maximum atomic E-state index is 11.4. The van der Waals surface area contributed by atoms with E-state index < -0.39 is 10.0 Å². The number of aliphatic hydroxyl groups excluding tert-OH is 1. The van der Waals surface area contributed by atoms with Crippen LogP contribution in [0.5, 0.6) is 0 Å². The number of aliphatic hydroxyl groups is 1. The number of hydrogen-bond acceptors (Lipinski definition) is 5. The van der Waals surface area contributed by atoms with Crippen molar-refractivity contribution in [1.82, 2.24) is 5.48 Å². The second-order valence-electron chi connectivity index (χ2n) is 5.48. The summed E-state index contributed by atoms with van der Waals surface area (Å²) in [6, 6.07) is 16.1. The van der Waals surface area contributed by atoms with Crippen LogP contribution in [0.25, 0.3) is 5.57 Å². The molecular formula is C17H18N2O4S. The fraction of sp³-hybridized carbons (Fsp3) is 0.176. The summed E-state index contributed by atoms with van der Waals surface area (Å²) in [5, 5.41) is 14.8. The van der Waals surface area contributed by atoms with Crippen molar-refractivity contribution < 1.29 is 18.4 Å². The summed E-state index contributed by atoms with van der Waals surface area (Å²) in [4.78, 5) is 5.42. The molecular weight excluding hydrogens is 328 g/mol. The Morgan fingerprint density at radius 2 is 1.79 bits per heavy atom. The van der Waals surface area contributed by atoms with Gasteiger partial charge in [0.15, 0.2) is 5.76 Å². The second-order valence-corrected chi connectivity index (χ2v) is 7.04. The standard InChI is InChI=1S/C17H18N2O4S/c18-24(21,22)14-8-6-13(7-9-14)17-15(10-19-23-16(17)11-20)12-4-2-1-3-5-12/h1-9,15,19-20H,10-11H2,(H2,18,21,22). The number of sulfonamides is 1. The zero-order chi connectivity index (χ0) is 17.2. The molecule has 0 saturated heterocycles. The minimum absolute atomic E-state index is 0.0255. The van der Waals surface area contributed by atoms with Gasteiger partial charge in [-0.15, -0.1) is 0 Å². The number of primary sulfonamides is 1. The summed E-state index contributed by atoms with van der Waals surface area (Å²) in [7, 11) is -3.74. The third-order valence-corrected chi connectivity index (χ3v) is 4.90. The number of hydrogen-bond donors (Lipinski definition) is 3. The highest BCUT2D eigenvalue weighted by molar-refractivity contribution is 7.89. The molecule has 1 atom stereocenters. The van der Waals surface area contributed by atoms with Gasteiger partial charge in [0.25, 0.3) is 0 Å². The largest absolute Gasteiger partial charge is 0.410 e. The van der Waals surface area contributed by atoms with E-state index in [4.69, 9.17) is 9.98 Å². The predicted octanol–water partition coefficient (Wildman–Crippen LogP) is 1.36. The lowest BCUT2D eigenvalue weighted by atomic mass is 9.85. The molecule has 1 unspecified atom stereocenters. The van der Waals surface area contributed by atoms with Crippen LogP contribution in [0.15, 0.2) is 65.3 Å². The Labute approximate surface area is 140 Å². The Morgan fingerprint density at radius 3 is 2.38 bits per heavy atom. The molecule has 0 fully saturated rings. The molecule has 0 amide bonds. The molecule has 6 nitrogen and oxygen atoms in total. The molecule has 0 radical (unpaired) electrons. The van der Waals surface area contributed by atoms with Crippen molar-refractivity contribution in [2.75, 3.05) is 13.2 Å². The van der Waals surface area contributed by atoms with E-state index in [0.717, 1.165) is 16.7 Å². The van der Waals surface area contributed by atoms with Crippen molar-refractivity contribution >= 4 is 15.6 Å². The van der Waals surface area contributed by atoms with Gasteiger partial charge in [-0.25, -0.2) is 13.6 Å². The fourth-order valence-electron chi connectivity index (χ4n) is 2.84. The SMILES string of the molecule is NS(=O)(=O)c1ccc(C2=C(CO)ONCC2c2ccccc2)cc1. The summed E-state index contributed by atoms with van der Waals surface area (Å²) in [6.45, 7) is 0.280. The Kier molecular flexibility index (Phi) is 4.68. The Bertz CT molecular complexity index is 846. The van der Waals surface area contributed by atoms with Crippen LogP contribution in [-0.4, -0.2) is 26.7 Å². The van der Waals surface area contributed by atoms with Crippen molar-refractivity contribution in [1.29, 1.82) is 0 Å². The Morgan fingerprint density at radius 1 is 1.12 bits per heavy atom. The molecule has 126 valence electrons. The summed E-state index contributed by atoms with van der Waals surface area (Å²) in [5.41, 5.74) is 5.51. The zero-order valence-corrected chi connectivity index (χ0v) is 13.7. The van der Waals surface area contributed by atoms with Crippen LogP contribution in [0.2, 0.25) is 0 Å².